The van der Waals surface area contributed by atoms with Crippen LogP contribution < -0.4 is 5.56 Å². The first-order valence-electron chi connectivity index (χ1n) is 5.48. The average Bonchev–Trinajstić information content (AvgIpc) is 2.29. The van der Waals surface area contributed by atoms with E-state index in [9.17, 15) is 9.59 Å². The Bertz CT molecular complexity index is 648. The Morgan fingerprint density at radius 2 is 2.17 bits per heavy atom. The molecular formula is C13H13NO3S. The molecule has 0 amide bonds. The number of hydrogen-bond donors (Lipinski definition) is 2. The van der Waals surface area contributed by atoms with Crippen LogP contribution in [-0.4, -0.2) is 21.8 Å². The molecule has 0 saturated carbocycles. The van der Waals surface area contributed by atoms with Gasteiger partial charge in [-0.25, -0.2) is 0 Å². The van der Waals surface area contributed by atoms with Gasteiger partial charge >= 0.3 is 5.97 Å². The molecule has 18 heavy (non-hydrogen) atoms. The highest BCUT2D eigenvalue weighted by Crippen LogP contribution is 2.21. The molecule has 2 rings (SSSR count). The summed E-state index contributed by atoms with van der Waals surface area (Å²) < 4.78 is 0. The Labute approximate surface area is 108 Å². The predicted molar refractivity (Wildman–Crippen MR) is 73.1 cm³/mol. The van der Waals surface area contributed by atoms with Crippen LogP contribution in [0.1, 0.15) is 11.1 Å². The summed E-state index contributed by atoms with van der Waals surface area (Å²) in [5.41, 5.74) is 2.62. The Morgan fingerprint density at radius 3 is 2.89 bits per heavy atom. The lowest BCUT2D eigenvalue weighted by molar-refractivity contribution is -0.133. The van der Waals surface area contributed by atoms with Gasteiger partial charge in [-0.3, -0.25) is 9.59 Å². The van der Waals surface area contributed by atoms with Crippen LogP contribution >= 0.6 is 11.8 Å². The lowest BCUT2D eigenvalue weighted by Gasteiger charge is -2.06. The lowest BCUT2D eigenvalue weighted by atomic mass is 10.1. The highest BCUT2D eigenvalue weighted by atomic mass is 32.2. The molecule has 0 fully saturated rings. The largest absolute Gasteiger partial charge is 0.481 e. The van der Waals surface area contributed by atoms with Gasteiger partial charge in [-0.15, -0.1) is 11.8 Å². The van der Waals surface area contributed by atoms with E-state index in [2.05, 4.69) is 4.98 Å². The molecular weight excluding hydrogens is 250 g/mol. The summed E-state index contributed by atoms with van der Waals surface area (Å²) in [6, 6.07) is 7.35. The third-order valence-electron chi connectivity index (χ3n) is 2.57. The zero-order chi connectivity index (χ0) is 13.1. The Morgan fingerprint density at radius 1 is 1.39 bits per heavy atom. The van der Waals surface area contributed by atoms with Crippen molar-refractivity contribution in [2.24, 2.45) is 0 Å². The van der Waals surface area contributed by atoms with Crippen molar-refractivity contribution >= 4 is 28.6 Å². The van der Waals surface area contributed by atoms with Gasteiger partial charge in [0, 0.05) is 22.7 Å². The number of fused-ring (bicyclic) bond motifs is 1. The van der Waals surface area contributed by atoms with Crippen molar-refractivity contribution in [2.75, 3.05) is 5.75 Å². The Balaban J connectivity index is 2.38. The number of aliphatic carboxylic acids is 1. The smallest absolute Gasteiger partial charge is 0.313 e. The number of carbonyl (C=O) groups is 1. The second-order valence-electron chi connectivity index (χ2n) is 4.09. The van der Waals surface area contributed by atoms with E-state index in [4.69, 9.17) is 5.11 Å². The van der Waals surface area contributed by atoms with E-state index in [1.54, 1.807) is 0 Å². The summed E-state index contributed by atoms with van der Waals surface area (Å²) in [6.45, 7) is 1.98. The number of pyridine rings is 1. The minimum atomic E-state index is -0.842. The maximum Gasteiger partial charge on any atom is 0.313 e. The van der Waals surface area contributed by atoms with Gasteiger partial charge in [0.15, 0.2) is 0 Å². The number of aryl methyl sites for hydroxylation is 1. The molecule has 0 bridgehead atoms. The third kappa shape index (κ3) is 2.92. The number of nitrogens with one attached hydrogen (secondary N) is 1. The van der Waals surface area contributed by atoms with Gasteiger partial charge in [0.05, 0.1) is 5.75 Å². The topological polar surface area (TPSA) is 70.2 Å². The van der Waals surface area contributed by atoms with Crippen LogP contribution in [0.25, 0.3) is 10.9 Å². The maximum atomic E-state index is 11.5. The van der Waals surface area contributed by atoms with E-state index < -0.39 is 5.97 Å². The fourth-order valence-corrected chi connectivity index (χ4v) is 2.54. The van der Waals surface area contributed by atoms with Gasteiger partial charge in [-0.2, -0.15) is 0 Å². The molecule has 5 heteroatoms. The minimum absolute atomic E-state index is 0.0418. The Kier molecular flexibility index (Phi) is 3.72. The molecule has 0 aliphatic rings. The minimum Gasteiger partial charge on any atom is -0.481 e. The average molecular weight is 263 g/mol. The van der Waals surface area contributed by atoms with E-state index in [1.807, 2.05) is 25.1 Å². The molecule has 1 aromatic carbocycles. The number of benzene rings is 1. The van der Waals surface area contributed by atoms with E-state index in [0.29, 0.717) is 5.75 Å². The van der Waals surface area contributed by atoms with E-state index in [1.165, 1.54) is 17.8 Å². The van der Waals surface area contributed by atoms with Crippen LogP contribution in [0.15, 0.2) is 29.1 Å². The number of aromatic nitrogens is 1. The molecule has 4 nitrogen and oxygen atoms in total. The van der Waals surface area contributed by atoms with Gasteiger partial charge in [0.1, 0.15) is 0 Å². The van der Waals surface area contributed by atoms with Crippen LogP contribution in [0.2, 0.25) is 0 Å². The molecule has 0 aliphatic carbocycles. The van der Waals surface area contributed by atoms with Crippen molar-refractivity contribution in [3.8, 4) is 0 Å². The summed E-state index contributed by atoms with van der Waals surface area (Å²) in [7, 11) is 0. The van der Waals surface area contributed by atoms with Crippen molar-refractivity contribution in [1.29, 1.82) is 0 Å². The highest BCUT2D eigenvalue weighted by Gasteiger charge is 2.05. The number of hydrogen-bond acceptors (Lipinski definition) is 3. The number of carboxylic acids is 1. The first-order chi connectivity index (χ1) is 8.56. The second kappa shape index (κ2) is 5.27. The summed E-state index contributed by atoms with van der Waals surface area (Å²) in [4.78, 5) is 24.8. The first kappa shape index (κ1) is 12.7. The standard InChI is InChI=1S/C13H13NO3S/c1-8-2-3-11-10(4-8)9(5-12(15)14-11)6-18-7-13(16)17/h2-5H,6-7H2,1H3,(H,14,15)(H,16,17). The molecule has 0 spiro atoms. The second-order valence-corrected chi connectivity index (χ2v) is 5.08. The zero-order valence-corrected chi connectivity index (χ0v) is 10.7. The molecule has 0 radical (unpaired) electrons. The number of rotatable bonds is 4. The zero-order valence-electron chi connectivity index (χ0n) is 9.90. The van der Waals surface area contributed by atoms with Gasteiger partial charge in [-0.1, -0.05) is 11.6 Å². The van der Waals surface area contributed by atoms with Crippen molar-refractivity contribution in [3.05, 3.63) is 45.7 Å². The summed E-state index contributed by atoms with van der Waals surface area (Å²) in [6.07, 6.45) is 0. The third-order valence-corrected chi connectivity index (χ3v) is 3.53. The summed E-state index contributed by atoms with van der Waals surface area (Å²) in [5.74, 6) is -0.277. The summed E-state index contributed by atoms with van der Waals surface area (Å²) >= 11 is 1.29. The van der Waals surface area contributed by atoms with Crippen LogP contribution in [0.5, 0.6) is 0 Å². The molecule has 1 aromatic heterocycles. The molecule has 0 aliphatic heterocycles. The number of carboxylic acid groups (broad SMARTS) is 1. The van der Waals surface area contributed by atoms with Crippen LogP contribution in [-0.2, 0) is 10.5 Å². The van der Waals surface area contributed by atoms with Gasteiger partial charge < -0.3 is 10.1 Å². The van der Waals surface area contributed by atoms with Gasteiger partial charge in [0.25, 0.3) is 0 Å². The molecule has 2 aromatic rings. The van der Waals surface area contributed by atoms with Gasteiger partial charge in [0.2, 0.25) is 5.56 Å². The summed E-state index contributed by atoms with van der Waals surface area (Å²) in [5, 5.41) is 9.59. The van der Waals surface area contributed by atoms with E-state index >= 15 is 0 Å². The molecule has 2 N–H and O–H groups in total. The number of H-pyrrole nitrogens is 1. The SMILES string of the molecule is Cc1ccc2[nH]c(=O)cc(CSCC(=O)O)c2c1. The Hall–Kier alpha value is -1.75. The lowest BCUT2D eigenvalue weighted by Crippen LogP contribution is -2.07. The van der Waals surface area contributed by atoms with Crippen molar-refractivity contribution in [1.82, 2.24) is 4.98 Å². The predicted octanol–water partition coefficient (Wildman–Crippen LogP) is 2.15. The molecule has 0 atom stereocenters. The van der Waals surface area contributed by atoms with Crippen molar-refractivity contribution < 1.29 is 9.90 Å². The molecule has 1 heterocycles. The number of aromatic amines is 1. The fourth-order valence-electron chi connectivity index (χ4n) is 1.81. The quantitative estimate of drug-likeness (QED) is 0.886. The van der Waals surface area contributed by atoms with Crippen LogP contribution in [0, 0.1) is 6.92 Å². The van der Waals surface area contributed by atoms with Crippen molar-refractivity contribution in [3.63, 3.8) is 0 Å². The fraction of sp³-hybridized carbons (Fsp3) is 0.231. The molecule has 0 unspecified atom stereocenters. The van der Waals surface area contributed by atoms with E-state index in [-0.39, 0.29) is 11.3 Å². The highest BCUT2D eigenvalue weighted by molar-refractivity contribution is 7.99. The molecule has 0 saturated heterocycles. The number of thioether (sulfide) groups is 1. The van der Waals surface area contributed by atoms with Crippen molar-refractivity contribution in [2.45, 2.75) is 12.7 Å². The van der Waals surface area contributed by atoms with Gasteiger partial charge in [-0.05, 0) is 24.6 Å². The van der Waals surface area contributed by atoms with Crippen LogP contribution in [0.4, 0.5) is 0 Å². The molecule has 94 valence electrons. The maximum absolute atomic E-state index is 11.5. The normalized spacial score (nSPS) is 10.7. The first-order valence-corrected chi connectivity index (χ1v) is 6.64. The van der Waals surface area contributed by atoms with E-state index in [0.717, 1.165) is 22.0 Å². The van der Waals surface area contributed by atoms with Crippen LogP contribution in [0.3, 0.4) is 0 Å². The monoisotopic (exact) mass is 263 g/mol.